The Morgan fingerprint density at radius 2 is 1.92 bits per heavy atom. The van der Waals surface area contributed by atoms with E-state index in [1.807, 2.05) is 12.1 Å². The van der Waals surface area contributed by atoms with Gasteiger partial charge in [0.2, 0.25) is 5.95 Å². The first-order valence-corrected chi connectivity index (χ1v) is 8.76. The number of thiophene rings is 1. The molecule has 0 aliphatic heterocycles. The van der Waals surface area contributed by atoms with Crippen LogP contribution in [0, 0.1) is 5.95 Å². The fourth-order valence-electron chi connectivity index (χ4n) is 2.50. The summed E-state index contributed by atoms with van der Waals surface area (Å²) in [4.78, 5) is 5.36. The Balaban J connectivity index is 1.93. The standard InChI is InChI=1S/C17H9Cl2FN4S/c18-10-1-2-11(13(19)6-10)12-7-15(9-3-4-21-16(20)5-9)25-17(12)14-8-22-24-23-14/h1-8H,(H,22,23,24). The molecule has 4 nitrogen and oxygen atoms in total. The van der Waals surface area contributed by atoms with Crippen LogP contribution < -0.4 is 0 Å². The third kappa shape index (κ3) is 3.16. The smallest absolute Gasteiger partial charge is 0.213 e. The zero-order valence-corrected chi connectivity index (χ0v) is 14.8. The van der Waals surface area contributed by atoms with Gasteiger partial charge in [0.05, 0.1) is 11.1 Å². The summed E-state index contributed by atoms with van der Waals surface area (Å²) in [7, 11) is 0. The lowest BCUT2D eigenvalue weighted by molar-refractivity contribution is 0.584. The minimum atomic E-state index is -0.528. The van der Waals surface area contributed by atoms with Crippen molar-refractivity contribution in [3.8, 4) is 32.1 Å². The monoisotopic (exact) mass is 390 g/mol. The van der Waals surface area contributed by atoms with Crippen LogP contribution in [0.3, 0.4) is 0 Å². The van der Waals surface area contributed by atoms with Gasteiger partial charge >= 0.3 is 0 Å². The van der Waals surface area contributed by atoms with Gasteiger partial charge in [-0.25, -0.2) is 4.98 Å². The fraction of sp³-hybridized carbons (Fsp3) is 0. The summed E-state index contributed by atoms with van der Waals surface area (Å²) >= 11 is 13.9. The molecule has 0 aliphatic rings. The normalized spacial score (nSPS) is 11.0. The summed E-state index contributed by atoms with van der Waals surface area (Å²) in [5.41, 5.74) is 3.12. The fourth-order valence-corrected chi connectivity index (χ4v) is 4.13. The Labute approximate surface area is 156 Å². The largest absolute Gasteiger partial charge is 0.228 e. The van der Waals surface area contributed by atoms with Crippen molar-refractivity contribution >= 4 is 34.5 Å². The van der Waals surface area contributed by atoms with Crippen molar-refractivity contribution in [2.45, 2.75) is 0 Å². The second-order valence-electron chi connectivity index (χ2n) is 5.20. The highest BCUT2D eigenvalue weighted by Gasteiger charge is 2.18. The number of H-pyrrole nitrogens is 1. The first-order valence-electron chi connectivity index (χ1n) is 7.19. The molecule has 3 aromatic heterocycles. The van der Waals surface area contributed by atoms with Gasteiger partial charge in [-0.2, -0.15) is 19.8 Å². The zero-order chi connectivity index (χ0) is 17.4. The van der Waals surface area contributed by atoms with Crippen molar-refractivity contribution in [1.82, 2.24) is 20.4 Å². The summed E-state index contributed by atoms with van der Waals surface area (Å²) in [6.07, 6.45) is 3.07. The van der Waals surface area contributed by atoms with Gasteiger partial charge in [0.15, 0.2) is 0 Å². The van der Waals surface area contributed by atoms with Crippen LogP contribution in [0.25, 0.3) is 32.1 Å². The number of rotatable bonds is 3. The number of aromatic amines is 1. The molecule has 0 unspecified atom stereocenters. The molecule has 124 valence electrons. The third-order valence-corrected chi connectivity index (χ3v) is 5.37. The van der Waals surface area contributed by atoms with E-state index >= 15 is 0 Å². The van der Waals surface area contributed by atoms with E-state index in [-0.39, 0.29) is 0 Å². The summed E-state index contributed by atoms with van der Waals surface area (Å²) in [6.45, 7) is 0. The molecule has 0 spiro atoms. The number of hydrogen-bond donors (Lipinski definition) is 1. The van der Waals surface area contributed by atoms with E-state index in [0.29, 0.717) is 15.7 Å². The molecule has 1 N–H and O–H groups in total. The number of aromatic nitrogens is 4. The highest BCUT2D eigenvalue weighted by Crippen LogP contribution is 2.44. The van der Waals surface area contributed by atoms with E-state index in [4.69, 9.17) is 23.2 Å². The number of halogens is 3. The lowest BCUT2D eigenvalue weighted by Gasteiger charge is -2.04. The number of hydrogen-bond acceptors (Lipinski definition) is 4. The van der Waals surface area contributed by atoms with Crippen molar-refractivity contribution in [3.63, 3.8) is 0 Å². The highest BCUT2D eigenvalue weighted by molar-refractivity contribution is 7.19. The third-order valence-electron chi connectivity index (χ3n) is 3.61. The number of pyridine rings is 1. The molecule has 0 aliphatic carbocycles. The Bertz CT molecular complexity index is 1050. The zero-order valence-electron chi connectivity index (χ0n) is 12.5. The number of benzene rings is 1. The van der Waals surface area contributed by atoms with Crippen LogP contribution in [-0.2, 0) is 0 Å². The first-order chi connectivity index (χ1) is 12.1. The maximum absolute atomic E-state index is 13.5. The molecule has 0 fully saturated rings. The van der Waals surface area contributed by atoms with Gasteiger partial charge in [0, 0.05) is 38.3 Å². The lowest BCUT2D eigenvalue weighted by Crippen LogP contribution is -1.82. The van der Waals surface area contributed by atoms with Gasteiger partial charge in [0.25, 0.3) is 0 Å². The molecule has 0 radical (unpaired) electrons. The van der Waals surface area contributed by atoms with Gasteiger partial charge < -0.3 is 0 Å². The molecule has 0 saturated carbocycles. The molecular weight excluding hydrogens is 382 g/mol. The Morgan fingerprint density at radius 1 is 1.04 bits per heavy atom. The molecule has 4 rings (SSSR count). The van der Waals surface area contributed by atoms with Crippen LogP contribution in [0.4, 0.5) is 4.39 Å². The average molecular weight is 391 g/mol. The molecule has 3 heterocycles. The lowest BCUT2D eigenvalue weighted by atomic mass is 10.0. The molecule has 0 atom stereocenters. The summed E-state index contributed by atoms with van der Waals surface area (Å²) in [5, 5.41) is 11.7. The van der Waals surface area contributed by atoms with Crippen molar-refractivity contribution in [1.29, 1.82) is 0 Å². The molecule has 4 aromatic rings. The molecule has 25 heavy (non-hydrogen) atoms. The number of nitrogens with one attached hydrogen (secondary N) is 1. The minimum Gasteiger partial charge on any atom is -0.228 e. The minimum absolute atomic E-state index is 0.528. The van der Waals surface area contributed by atoms with E-state index in [2.05, 4.69) is 20.4 Å². The van der Waals surface area contributed by atoms with Crippen LogP contribution in [0.1, 0.15) is 0 Å². The maximum Gasteiger partial charge on any atom is 0.213 e. The molecule has 0 amide bonds. The molecular formula is C17H9Cl2FN4S. The Morgan fingerprint density at radius 3 is 2.64 bits per heavy atom. The van der Waals surface area contributed by atoms with Gasteiger partial charge in [-0.15, -0.1) is 11.3 Å². The van der Waals surface area contributed by atoms with E-state index in [1.165, 1.54) is 23.6 Å². The summed E-state index contributed by atoms with van der Waals surface area (Å²) < 4.78 is 13.5. The van der Waals surface area contributed by atoms with Crippen LogP contribution >= 0.6 is 34.5 Å². The topological polar surface area (TPSA) is 54.5 Å². The van der Waals surface area contributed by atoms with Gasteiger partial charge in [0.1, 0.15) is 5.69 Å². The van der Waals surface area contributed by atoms with Gasteiger partial charge in [-0.1, -0.05) is 29.3 Å². The Hall–Kier alpha value is -2.28. The quantitative estimate of drug-likeness (QED) is 0.455. The second kappa shape index (κ2) is 6.55. The van der Waals surface area contributed by atoms with E-state index in [0.717, 1.165) is 26.4 Å². The van der Waals surface area contributed by atoms with Gasteiger partial charge in [-0.3, -0.25) is 0 Å². The number of nitrogens with zero attached hydrogens (tertiary/aromatic N) is 3. The molecule has 8 heteroatoms. The van der Waals surface area contributed by atoms with Crippen molar-refractivity contribution in [2.24, 2.45) is 0 Å². The second-order valence-corrected chi connectivity index (χ2v) is 7.10. The van der Waals surface area contributed by atoms with Gasteiger partial charge in [-0.05, 0) is 29.8 Å². The molecule has 0 saturated heterocycles. The van der Waals surface area contributed by atoms with Crippen LogP contribution in [0.5, 0.6) is 0 Å². The average Bonchev–Trinajstić information content (AvgIpc) is 3.24. The van der Waals surface area contributed by atoms with Crippen LogP contribution in [-0.4, -0.2) is 20.4 Å². The van der Waals surface area contributed by atoms with Crippen LogP contribution in [0.2, 0.25) is 10.0 Å². The van der Waals surface area contributed by atoms with E-state index in [1.54, 1.807) is 24.4 Å². The predicted molar refractivity (Wildman–Crippen MR) is 98.3 cm³/mol. The SMILES string of the molecule is Fc1cc(-c2cc(-c3ccc(Cl)cc3Cl)c(-c3cn[nH]n3)s2)ccn1. The molecule has 1 aromatic carbocycles. The maximum atomic E-state index is 13.5. The summed E-state index contributed by atoms with van der Waals surface area (Å²) in [6, 6.07) is 10.4. The van der Waals surface area contributed by atoms with E-state index in [9.17, 15) is 4.39 Å². The van der Waals surface area contributed by atoms with Crippen molar-refractivity contribution in [2.75, 3.05) is 0 Å². The van der Waals surface area contributed by atoms with Crippen LogP contribution in [0.15, 0.2) is 48.8 Å². The summed E-state index contributed by atoms with van der Waals surface area (Å²) in [5.74, 6) is -0.528. The predicted octanol–water partition coefficient (Wildman–Crippen LogP) is 5.71. The van der Waals surface area contributed by atoms with Crippen molar-refractivity contribution in [3.05, 3.63) is 64.8 Å². The first kappa shape index (κ1) is 16.2. The molecule has 0 bridgehead atoms. The van der Waals surface area contributed by atoms with E-state index < -0.39 is 5.95 Å². The highest BCUT2D eigenvalue weighted by atomic mass is 35.5. The Kier molecular flexibility index (Phi) is 4.25. The van der Waals surface area contributed by atoms with Crippen molar-refractivity contribution < 1.29 is 4.39 Å².